The third kappa shape index (κ3) is 11.4. The van der Waals surface area contributed by atoms with Crippen LogP contribution < -0.4 is 20.1 Å². The topological polar surface area (TPSA) is 106 Å². The second-order valence-corrected chi connectivity index (χ2v) is 10.3. The van der Waals surface area contributed by atoms with Gasteiger partial charge in [-0.25, -0.2) is 4.79 Å². The molecule has 0 aliphatic heterocycles. The normalized spacial score (nSPS) is 11.5. The van der Waals surface area contributed by atoms with E-state index in [1.807, 2.05) is 80.4 Å². The van der Waals surface area contributed by atoms with E-state index in [9.17, 15) is 14.4 Å². The number of rotatable bonds is 17. The Morgan fingerprint density at radius 2 is 1.63 bits per heavy atom. The van der Waals surface area contributed by atoms with Gasteiger partial charge in [0.05, 0.1) is 17.9 Å². The van der Waals surface area contributed by atoms with E-state index in [-0.39, 0.29) is 18.9 Å². The van der Waals surface area contributed by atoms with Crippen LogP contribution in [0.3, 0.4) is 0 Å². The van der Waals surface area contributed by atoms with Gasteiger partial charge < -0.3 is 29.7 Å². The SMILES string of the molecule is CCCCOc1cc(C(=O)OCCN(C)CC)ccc1NC(=O)[C@@H](Cc1ccc(OCc2ccccc2)cc1)NC(C)=O. The summed E-state index contributed by atoms with van der Waals surface area (Å²) in [5.41, 5.74) is 2.66. The van der Waals surface area contributed by atoms with Crippen LogP contribution in [0.2, 0.25) is 0 Å². The number of hydrogen-bond acceptors (Lipinski definition) is 7. The maximum Gasteiger partial charge on any atom is 0.338 e. The number of carbonyl (C=O) groups excluding carboxylic acids is 3. The second-order valence-electron chi connectivity index (χ2n) is 10.3. The molecule has 2 N–H and O–H groups in total. The van der Waals surface area contributed by atoms with E-state index in [1.165, 1.54) is 6.92 Å². The number of amides is 2. The fourth-order valence-electron chi connectivity index (χ4n) is 4.11. The lowest BCUT2D eigenvalue weighted by molar-refractivity contribution is -0.125. The summed E-state index contributed by atoms with van der Waals surface area (Å²) < 4.78 is 17.2. The highest BCUT2D eigenvalue weighted by Crippen LogP contribution is 2.27. The molecule has 230 valence electrons. The van der Waals surface area contributed by atoms with Gasteiger partial charge >= 0.3 is 5.97 Å². The molecule has 3 aromatic carbocycles. The maximum absolute atomic E-state index is 13.4. The van der Waals surface area contributed by atoms with Crippen LogP contribution in [0.5, 0.6) is 11.5 Å². The summed E-state index contributed by atoms with van der Waals surface area (Å²) in [5, 5.41) is 5.63. The van der Waals surface area contributed by atoms with E-state index < -0.39 is 17.9 Å². The van der Waals surface area contributed by atoms with E-state index in [2.05, 4.69) is 10.6 Å². The van der Waals surface area contributed by atoms with Crippen molar-refractivity contribution in [3.05, 3.63) is 89.5 Å². The highest BCUT2D eigenvalue weighted by Gasteiger charge is 2.22. The van der Waals surface area contributed by atoms with E-state index in [0.717, 1.165) is 30.5 Å². The Hall–Kier alpha value is -4.37. The Labute approximate surface area is 254 Å². The molecule has 0 bridgehead atoms. The molecular weight excluding hydrogens is 546 g/mol. The van der Waals surface area contributed by atoms with Gasteiger partial charge in [-0.1, -0.05) is 62.7 Å². The van der Waals surface area contributed by atoms with Crippen molar-refractivity contribution in [3.8, 4) is 11.5 Å². The minimum Gasteiger partial charge on any atom is -0.491 e. The molecule has 9 nitrogen and oxygen atoms in total. The third-order valence-electron chi connectivity index (χ3n) is 6.78. The molecule has 9 heteroatoms. The molecule has 0 saturated carbocycles. The average molecular weight is 590 g/mol. The largest absolute Gasteiger partial charge is 0.491 e. The minimum absolute atomic E-state index is 0.270. The first-order chi connectivity index (χ1) is 20.8. The van der Waals surface area contributed by atoms with Gasteiger partial charge in [0, 0.05) is 19.9 Å². The number of anilines is 1. The Morgan fingerprint density at radius 3 is 2.30 bits per heavy atom. The van der Waals surface area contributed by atoms with Crippen molar-refractivity contribution in [1.82, 2.24) is 10.2 Å². The van der Waals surface area contributed by atoms with Crippen LogP contribution in [-0.4, -0.2) is 62.1 Å². The number of carbonyl (C=O) groups is 3. The van der Waals surface area contributed by atoms with Crippen LogP contribution in [0.4, 0.5) is 5.69 Å². The molecule has 0 spiro atoms. The number of unbranched alkanes of at least 4 members (excludes halogenated alkanes) is 1. The van der Waals surface area contributed by atoms with Gasteiger partial charge in [0.1, 0.15) is 30.8 Å². The third-order valence-corrected chi connectivity index (χ3v) is 6.78. The number of nitrogens with zero attached hydrogens (tertiary/aromatic N) is 1. The first-order valence-corrected chi connectivity index (χ1v) is 14.7. The van der Waals surface area contributed by atoms with Crippen molar-refractivity contribution in [2.75, 3.05) is 38.7 Å². The van der Waals surface area contributed by atoms with Crippen LogP contribution in [0.1, 0.15) is 55.1 Å². The van der Waals surface area contributed by atoms with Crippen molar-refractivity contribution in [3.63, 3.8) is 0 Å². The molecule has 1 atom stereocenters. The van der Waals surface area contributed by atoms with Gasteiger partial charge in [-0.3, -0.25) is 9.59 Å². The van der Waals surface area contributed by atoms with Gasteiger partial charge in [-0.15, -0.1) is 0 Å². The molecule has 3 rings (SSSR count). The molecule has 0 heterocycles. The van der Waals surface area contributed by atoms with Gasteiger partial charge in [0.2, 0.25) is 11.8 Å². The molecule has 0 unspecified atom stereocenters. The summed E-state index contributed by atoms with van der Waals surface area (Å²) in [6.45, 7) is 8.08. The number of ether oxygens (including phenoxy) is 3. The van der Waals surface area contributed by atoms with Crippen LogP contribution in [-0.2, 0) is 27.4 Å². The highest BCUT2D eigenvalue weighted by molar-refractivity contribution is 5.99. The van der Waals surface area contributed by atoms with Gasteiger partial charge in [-0.2, -0.15) is 0 Å². The zero-order valence-electron chi connectivity index (χ0n) is 25.6. The summed E-state index contributed by atoms with van der Waals surface area (Å²) in [6, 6.07) is 21.3. The van der Waals surface area contributed by atoms with Crippen molar-refractivity contribution in [1.29, 1.82) is 0 Å². The number of nitrogens with one attached hydrogen (secondary N) is 2. The first kappa shape index (κ1) is 33.1. The van der Waals surface area contributed by atoms with Crippen LogP contribution >= 0.6 is 0 Å². The molecule has 0 aromatic heterocycles. The summed E-state index contributed by atoms with van der Waals surface area (Å²) in [6.07, 6.45) is 2.01. The van der Waals surface area contributed by atoms with Gasteiger partial charge in [0.15, 0.2) is 0 Å². The predicted octanol–water partition coefficient (Wildman–Crippen LogP) is 5.24. The fraction of sp³-hybridized carbons (Fsp3) is 0.382. The fourth-order valence-corrected chi connectivity index (χ4v) is 4.11. The number of benzene rings is 3. The van der Waals surface area contributed by atoms with Crippen LogP contribution in [0.15, 0.2) is 72.8 Å². The minimum atomic E-state index is -0.836. The molecule has 0 fully saturated rings. The quantitative estimate of drug-likeness (QED) is 0.164. The Kier molecular flexibility index (Phi) is 13.5. The summed E-state index contributed by atoms with van der Waals surface area (Å²) in [4.78, 5) is 40.1. The van der Waals surface area contributed by atoms with E-state index in [0.29, 0.717) is 42.5 Å². The summed E-state index contributed by atoms with van der Waals surface area (Å²) in [7, 11) is 1.95. The van der Waals surface area contributed by atoms with E-state index >= 15 is 0 Å². The Morgan fingerprint density at radius 1 is 0.884 bits per heavy atom. The summed E-state index contributed by atoms with van der Waals surface area (Å²) in [5.74, 6) is -0.122. The molecular formula is C34H43N3O6. The Balaban J connectivity index is 1.69. The molecule has 0 aliphatic rings. The van der Waals surface area contributed by atoms with Crippen LogP contribution in [0.25, 0.3) is 0 Å². The molecule has 43 heavy (non-hydrogen) atoms. The lowest BCUT2D eigenvalue weighted by atomic mass is 10.0. The van der Waals surface area contributed by atoms with Gasteiger partial charge in [0.25, 0.3) is 0 Å². The predicted molar refractivity (Wildman–Crippen MR) is 167 cm³/mol. The molecule has 0 aliphatic carbocycles. The zero-order valence-corrected chi connectivity index (χ0v) is 25.6. The lowest BCUT2D eigenvalue weighted by Crippen LogP contribution is -2.44. The molecule has 3 aromatic rings. The monoisotopic (exact) mass is 589 g/mol. The first-order valence-electron chi connectivity index (χ1n) is 14.7. The maximum atomic E-state index is 13.4. The van der Waals surface area contributed by atoms with Crippen LogP contribution in [0, 0.1) is 0 Å². The lowest BCUT2D eigenvalue weighted by Gasteiger charge is -2.20. The number of hydrogen-bond donors (Lipinski definition) is 2. The second kappa shape index (κ2) is 17.6. The smallest absolute Gasteiger partial charge is 0.338 e. The molecule has 0 saturated heterocycles. The Bertz CT molecular complexity index is 1310. The molecule has 0 radical (unpaired) electrons. The van der Waals surface area contributed by atoms with Crippen molar-refractivity contribution >= 4 is 23.5 Å². The number of likely N-dealkylation sites (N-methyl/N-ethyl adjacent to an activating group) is 1. The number of esters is 1. The molecule has 2 amide bonds. The van der Waals surface area contributed by atoms with Crippen molar-refractivity contribution in [2.45, 2.75) is 52.7 Å². The van der Waals surface area contributed by atoms with Gasteiger partial charge in [-0.05, 0) is 61.5 Å². The standard InChI is InChI=1S/C34H43N3O6/c1-5-7-20-41-32-23-28(34(40)42-21-19-37(4)6-2)15-18-30(32)36-33(39)31(35-25(3)38)22-26-13-16-29(17-14-26)43-24-27-11-9-8-10-12-27/h8-18,23,31H,5-7,19-22,24H2,1-4H3,(H,35,38)(H,36,39)/t31-/m1/s1. The summed E-state index contributed by atoms with van der Waals surface area (Å²) >= 11 is 0. The van der Waals surface area contributed by atoms with E-state index in [4.69, 9.17) is 14.2 Å². The zero-order chi connectivity index (χ0) is 31.0. The highest BCUT2D eigenvalue weighted by atomic mass is 16.5. The van der Waals surface area contributed by atoms with Crippen molar-refractivity contribution < 1.29 is 28.6 Å². The van der Waals surface area contributed by atoms with E-state index in [1.54, 1.807) is 18.2 Å². The average Bonchev–Trinajstić information content (AvgIpc) is 3.01. The van der Waals surface area contributed by atoms with Crippen molar-refractivity contribution in [2.24, 2.45) is 0 Å².